The zero-order chi connectivity index (χ0) is 9.07. The first-order valence-corrected chi connectivity index (χ1v) is 3.75. The van der Waals surface area contributed by atoms with Crippen LogP contribution in [0.3, 0.4) is 0 Å². The van der Waals surface area contributed by atoms with Gasteiger partial charge >= 0.3 is 14.3 Å². The molecule has 0 heterocycles. The Labute approximate surface area is 62.2 Å². The van der Waals surface area contributed by atoms with Crippen molar-refractivity contribution in [3.05, 3.63) is 0 Å². The van der Waals surface area contributed by atoms with Crippen LogP contribution in [0.1, 0.15) is 6.92 Å². The summed E-state index contributed by atoms with van der Waals surface area (Å²) in [6.45, 7) is -0.551. The molecule has 0 aliphatic rings. The molecule has 0 bridgehead atoms. The molecule has 3 nitrogen and oxygen atoms in total. The Bertz CT molecular complexity index is 150. The van der Waals surface area contributed by atoms with Crippen molar-refractivity contribution >= 4 is 8.34 Å². The van der Waals surface area contributed by atoms with E-state index in [1.807, 2.05) is 0 Å². The quantitative estimate of drug-likeness (QED) is 0.687. The highest BCUT2D eigenvalue weighted by atomic mass is 31.2. The molecule has 0 amide bonds. The number of alkyl halides is 2. The lowest BCUT2D eigenvalue weighted by Crippen LogP contribution is -2.34. The number of hydrogen-bond acceptors (Lipinski definition) is 3. The maximum Gasteiger partial charge on any atom is 0.746 e. The molecule has 0 aliphatic carbocycles. The van der Waals surface area contributed by atoms with Gasteiger partial charge in [-0.2, -0.15) is 0 Å². The molecule has 0 aromatic heterocycles. The fourth-order valence-electron chi connectivity index (χ4n) is 0.257. The fourth-order valence-corrected chi connectivity index (χ4v) is 0.531. The van der Waals surface area contributed by atoms with Crippen LogP contribution in [0.25, 0.3) is 0 Å². The van der Waals surface area contributed by atoms with Gasteiger partial charge < -0.3 is 5.11 Å². The molecule has 7 heteroatoms. The van der Waals surface area contributed by atoms with Gasteiger partial charge in [0.2, 0.25) is 0 Å². The van der Waals surface area contributed by atoms with Gasteiger partial charge in [0.25, 0.3) is 0 Å². The second-order valence-corrected chi connectivity index (χ2v) is 2.61. The summed E-state index contributed by atoms with van der Waals surface area (Å²) in [5.74, 6) is -3.56. The van der Waals surface area contributed by atoms with E-state index in [-0.39, 0.29) is 0 Å². The van der Waals surface area contributed by atoms with Gasteiger partial charge in [-0.25, -0.2) is 8.78 Å². The second-order valence-electron chi connectivity index (χ2n) is 1.92. The predicted octanol–water partition coefficient (Wildman–Crippen LogP) is 1.65. The third kappa shape index (κ3) is 4.29. The van der Waals surface area contributed by atoms with Crippen LogP contribution in [0.5, 0.6) is 0 Å². The molecular formula is C4H7F3O3P+. The zero-order valence-electron chi connectivity index (χ0n) is 5.63. The van der Waals surface area contributed by atoms with Crippen LogP contribution in [0.15, 0.2) is 0 Å². The molecule has 2 atom stereocenters. The van der Waals surface area contributed by atoms with Crippen LogP contribution >= 0.6 is 8.34 Å². The second kappa shape index (κ2) is 3.99. The van der Waals surface area contributed by atoms with Gasteiger partial charge in [0, 0.05) is 4.57 Å². The van der Waals surface area contributed by atoms with E-state index in [2.05, 4.69) is 4.52 Å². The monoisotopic (exact) mass is 191 g/mol. The van der Waals surface area contributed by atoms with Gasteiger partial charge in [0.15, 0.2) is 6.61 Å². The first-order valence-electron chi connectivity index (χ1n) is 2.68. The van der Waals surface area contributed by atoms with Crippen molar-refractivity contribution < 1.29 is 27.2 Å². The van der Waals surface area contributed by atoms with Crippen molar-refractivity contribution in [3.63, 3.8) is 0 Å². The van der Waals surface area contributed by atoms with E-state index in [0.29, 0.717) is 0 Å². The lowest BCUT2D eigenvalue weighted by atomic mass is 10.2. The maximum absolute atomic E-state index is 12.2. The summed E-state index contributed by atoms with van der Waals surface area (Å²) in [7, 11) is -3.53. The highest BCUT2D eigenvalue weighted by Gasteiger charge is 2.39. The average molecular weight is 191 g/mol. The smallest absolute Gasteiger partial charge is 0.387 e. The SMILES string of the molecule is CC(O)C(F)(F)CO[P+](=O)F. The highest BCUT2D eigenvalue weighted by molar-refractivity contribution is 7.32. The largest absolute Gasteiger partial charge is 0.746 e. The number of aliphatic hydroxyl groups excluding tert-OH is 1. The minimum atomic E-state index is -3.56. The molecule has 0 aromatic carbocycles. The summed E-state index contributed by atoms with van der Waals surface area (Å²) in [6.07, 6.45) is -1.95. The number of halogens is 3. The topological polar surface area (TPSA) is 46.5 Å². The third-order valence-electron chi connectivity index (χ3n) is 0.970. The van der Waals surface area contributed by atoms with E-state index in [4.69, 9.17) is 5.11 Å². The Balaban J connectivity index is 3.82. The molecule has 11 heavy (non-hydrogen) atoms. The number of rotatable bonds is 4. The fraction of sp³-hybridized carbons (Fsp3) is 1.00. The van der Waals surface area contributed by atoms with Crippen LogP contribution in [0.2, 0.25) is 0 Å². The first-order chi connectivity index (χ1) is 4.86. The van der Waals surface area contributed by atoms with Crippen molar-refractivity contribution in [3.8, 4) is 0 Å². The zero-order valence-corrected chi connectivity index (χ0v) is 6.52. The number of aliphatic hydroxyl groups is 1. The van der Waals surface area contributed by atoms with Crippen molar-refractivity contribution in [2.45, 2.75) is 19.0 Å². The van der Waals surface area contributed by atoms with Crippen molar-refractivity contribution in [1.29, 1.82) is 0 Å². The first kappa shape index (κ1) is 10.8. The Kier molecular flexibility index (Phi) is 3.92. The molecule has 0 aliphatic heterocycles. The summed E-state index contributed by atoms with van der Waals surface area (Å²) in [5.41, 5.74) is 0. The van der Waals surface area contributed by atoms with Gasteiger partial charge in [0.05, 0.1) is 4.20 Å². The minimum Gasteiger partial charge on any atom is -0.387 e. The molecule has 1 N–H and O–H groups in total. The molecule has 2 unspecified atom stereocenters. The highest BCUT2D eigenvalue weighted by Crippen LogP contribution is 2.28. The van der Waals surface area contributed by atoms with Gasteiger partial charge in [-0.3, -0.25) is 0 Å². The normalized spacial score (nSPS) is 16.3. The molecule has 66 valence electrons. The van der Waals surface area contributed by atoms with Gasteiger partial charge in [0.1, 0.15) is 6.10 Å². The lowest BCUT2D eigenvalue weighted by molar-refractivity contribution is -0.122. The van der Waals surface area contributed by atoms with Crippen LogP contribution in [-0.4, -0.2) is 23.7 Å². The molecule has 0 saturated carbocycles. The van der Waals surface area contributed by atoms with Gasteiger partial charge in [-0.05, 0) is 6.92 Å². The van der Waals surface area contributed by atoms with Crippen LogP contribution < -0.4 is 0 Å². The number of hydrogen-bond donors (Lipinski definition) is 1. The van der Waals surface area contributed by atoms with Crippen molar-refractivity contribution in [2.75, 3.05) is 6.61 Å². The Morgan fingerprint density at radius 3 is 2.45 bits per heavy atom. The standard InChI is InChI=1S/C4H7F3O3P/c1-3(8)4(5,6)2-10-11(7)9/h3,8H,2H2,1H3/q+1. The summed E-state index contributed by atoms with van der Waals surface area (Å²) in [6, 6.07) is 0. The van der Waals surface area contributed by atoms with Crippen LogP contribution in [0.4, 0.5) is 13.0 Å². The average Bonchev–Trinajstić information content (AvgIpc) is 1.84. The summed E-state index contributed by atoms with van der Waals surface area (Å²) >= 11 is 0. The van der Waals surface area contributed by atoms with E-state index in [1.54, 1.807) is 0 Å². The van der Waals surface area contributed by atoms with E-state index < -0.39 is 27.0 Å². The lowest BCUT2D eigenvalue weighted by Gasteiger charge is -2.14. The van der Waals surface area contributed by atoms with Crippen LogP contribution in [-0.2, 0) is 9.09 Å². The predicted molar refractivity (Wildman–Crippen MR) is 31.3 cm³/mol. The molecule has 0 fully saturated rings. The van der Waals surface area contributed by atoms with Crippen LogP contribution in [0, 0.1) is 0 Å². The maximum atomic E-state index is 12.2. The van der Waals surface area contributed by atoms with Gasteiger partial charge in [-0.15, -0.1) is 4.52 Å². The molecule has 0 rings (SSSR count). The van der Waals surface area contributed by atoms with Crippen molar-refractivity contribution in [2.24, 2.45) is 0 Å². The molecule has 0 radical (unpaired) electrons. The summed E-state index contributed by atoms with van der Waals surface area (Å²) in [5, 5.41) is 8.35. The molecule has 0 saturated heterocycles. The van der Waals surface area contributed by atoms with E-state index in [9.17, 15) is 17.5 Å². The van der Waals surface area contributed by atoms with Crippen molar-refractivity contribution in [1.82, 2.24) is 0 Å². The van der Waals surface area contributed by atoms with E-state index >= 15 is 0 Å². The molecule has 0 spiro atoms. The third-order valence-corrected chi connectivity index (χ3v) is 1.30. The summed E-state index contributed by atoms with van der Waals surface area (Å²) in [4.78, 5) is 0. The Morgan fingerprint density at radius 1 is 1.73 bits per heavy atom. The molecule has 0 aromatic rings. The Morgan fingerprint density at radius 2 is 2.18 bits per heavy atom. The summed E-state index contributed by atoms with van der Waals surface area (Å²) < 4.78 is 48.9. The van der Waals surface area contributed by atoms with E-state index in [0.717, 1.165) is 6.92 Å². The Hall–Kier alpha value is -0.190. The minimum absolute atomic E-state index is 0.828. The van der Waals surface area contributed by atoms with E-state index in [1.165, 1.54) is 0 Å². The van der Waals surface area contributed by atoms with Gasteiger partial charge in [-0.1, -0.05) is 0 Å². The molecular weight excluding hydrogens is 184 g/mol.